The average molecular weight is 229 g/mol. The molecule has 2 nitrogen and oxygen atoms in total. The molecule has 1 atom stereocenters. The van der Waals surface area contributed by atoms with Crippen molar-refractivity contribution in [3.63, 3.8) is 0 Å². The zero-order chi connectivity index (χ0) is 12.1. The first-order chi connectivity index (χ1) is 7.81. The molecule has 0 radical (unpaired) electrons. The van der Waals surface area contributed by atoms with Gasteiger partial charge in [0.25, 0.3) is 0 Å². The predicted octanol–water partition coefficient (Wildman–Crippen LogP) is 3.75. The van der Waals surface area contributed by atoms with Gasteiger partial charge in [-0.15, -0.1) is 0 Å². The fourth-order valence-electron chi connectivity index (χ4n) is 1.61. The van der Waals surface area contributed by atoms with Gasteiger partial charge in [-0.25, -0.2) is 0 Å². The van der Waals surface area contributed by atoms with Gasteiger partial charge < -0.3 is 10.1 Å². The van der Waals surface area contributed by atoms with Crippen molar-refractivity contribution in [2.75, 3.05) is 19.8 Å². The summed E-state index contributed by atoms with van der Waals surface area (Å²) < 4.78 is 5.57. The Morgan fingerprint density at radius 2 is 1.62 bits per heavy atom. The molecule has 1 N–H and O–H groups in total. The summed E-state index contributed by atoms with van der Waals surface area (Å²) in [5, 5.41) is 3.43. The fraction of sp³-hybridized carbons (Fsp3) is 1.00. The highest BCUT2D eigenvalue weighted by atomic mass is 16.5. The van der Waals surface area contributed by atoms with E-state index in [2.05, 4.69) is 26.1 Å². The van der Waals surface area contributed by atoms with E-state index in [1.807, 2.05) is 0 Å². The molecule has 2 heteroatoms. The number of hydrogen-bond donors (Lipinski definition) is 1. The van der Waals surface area contributed by atoms with Gasteiger partial charge in [-0.2, -0.15) is 0 Å². The number of nitrogens with one attached hydrogen (secondary N) is 1. The summed E-state index contributed by atoms with van der Waals surface area (Å²) in [5.74, 6) is 0. The van der Waals surface area contributed by atoms with E-state index in [-0.39, 0.29) is 0 Å². The lowest BCUT2D eigenvalue weighted by atomic mass is 10.1. The lowest BCUT2D eigenvalue weighted by molar-refractivity contribution is 0.129. The first-order valence-corrected chi connectivity index (χ1v) is 7.12. The van der Waals surface area contributed by atoms with E-state index < -0.39 is 0 Å². The molecule has 1 unspecified atom stereocenters. The van der Waals surface area contributed by atoms with Crippen LogP contribution in [0.15, 0.2) is 0 Å². The lowest BCUT2D eigenvalue weighted by Gasteiger charge is -2.11. The number of unbranched alkanes of at least 4 members (excludes halogenated alkanes) is 5. The van der Waals surface area contributed by atoms with Crippen molar-refractivity contribution < 1.29 is 4.74 Å². The quantitative estimate of drug-likeness (QED) is 0.515. The second kappa shape index (κ2) is 13.0. The molecule has 0 aliphatic heterocycles. The highest BCUT2D eigenvalue weighted by molar-refractivity contribution is 4.56. The highest BCUT2D eigenvalue weighted by Gasteiger charge is 1.96. The Morgan fingerprint density at radius 1 is 0.938 bits per heavy atom. The summed E-state index contributed by atoms with van der Waals surface area (Å²) in [6, 6.07) is 0.623. The largest absolute Gasteiger partial charge is 0.380 e. The zero-order valence-electron chi connectivity index (χ0n) is 11.6. The fourth-order valence-corrected chi connectivity index (χ4v) is 1.61. The molecular weight excluding hydrogens is 198 g/mol. The zero-order valence-corrected chi connectivity index (χ0v) is 11.6. The minimum atomic E-state index is 0.623. The van der Waals surface area contributed by atoms with Crippen LogP contribution in [-0.2, 0) is 4.74 Å². The molecule has 0 aliphatic carbocycles. The Balaban J connectivity index is 2.93. The molecule has 0 rings (SSSR count). The molecular formula is C14H31NO. The smallest absolute Gasteiger partial charge is 0.0590 e. The predicted molar refractivity (Wildman–Crippen MR) is 72.0 cm³/mol. The summed E-state index contributed by atoms with van der Waals surface area (Å²) in [5.41, 5.74) is 0. The third-order valence-electron chi connectivity index (χ3n) is 2.99. The third-order valence-corrected chi connectivity index (χ3v) is 2.99. The van der Waals surface area contributed by atoms with Crippen molar-refractivity contribution >= 4 is 0 Å². The molecule has 0 saturated carbocycles. The first-order valence-electron chi connectivity index (χ1n) is 7.12. The van der Waals surface area contributed by atoms with Crippen LogP contribution in [0.5, 0.6) is 0 Å². The van der Waals surface area contributed by atoms with Gasteiger partial charge in [0.05, 0.1) is 6.61 Å². The number of ether oxygens (including phenoxy) is 1. The second-order valence-electron chi connectivity index (χ2n) is 4.64. The topological polar surface area (TPSA) is 21.3 Å². The summed E-state index contributed by atoms with van der Waals surface area (Å²) in [6.07, 6.45) is 9.25. The van der Waals surface area contributed by atoms with Crippen molar-refractivity contribution in [2.45, 2.75) is 71.8 Å². The van der Waals surface area contributed by atoms with E-state index in [4.69, 9.17) is 4.74 Å². The Hall–Kier alpha value is -0.0800. The molecule has 0 bridgehead atoms. The summed E-state index contributed by atoms with van der Waals surface area (Å²) in [7, 11) is 0. The highest BCUT2D eigenvalue weighted by Crippen LogP contribution is 2.04. The van der Waals surface area contributed by atoms with Crippen LogP contribution >= 0.6 is 0 Å². The molecule has 98 valence electrons. The minimum absolute atomic E-state index is 0.623. The van der Waals surface area contributed by atoms with Crippen LogP contribution < -0.4 is 5.32 Å². The summed E-state index contributed by atoms with van der Waals surface area (Å²) >= 11 is 0. The van der Waals surface area contributed by atoms with Crippen molar-refractivity contribution in [2.24, 2.45) is 0 Å². The monoisotopic (exact) mass is 229 g/mol. The van der Waals surface area contributed by atoms with Gasteiger partial charge in [0, 0.05) is 19.2 Å². The SMILES string of the molecule is CCCCCCCCOCCNC(C)CC. The molecule has 0 heterocycles. The van der Waals surface area contributed by atoms with Crippen LogP contribution in [0.4, 0.5) is 0 Å². The maximum absolute atomic E-state index is 5.57. The molecule has 0 aromatic heterocycles. The van der Waals surface area contributed by atoms with Crippen molar-refractivity contribution in [1.82, 2.24) is 5.32 Å². The Morgan fingerprint density at radius 3 is 2.31 bits per heavy atom. The molecule has 0 aromatic carbocycles. The Labute approximate surface area is 102 Å². The van der Waals surface area contributed by atoms with Crippen LogP contribution in [0, 0.1) is 0 Å². The van der Waals surface area contributed by atoms with Gasteiger partial charge in [0.1, 0.15) is 0 Å². The lowest BCUT2D eigenvalue weighted by Crippen LogP contribution is -2.28. The van der Waals surface area contributed by atoms with Gasteiger partial charge in [0.15, 0.2) is 0 Å². The van der Waals surface area contributed by atoms with E-state index >= 15 is 0 Å². The van der Waals surface area contributed by atoms with Gasteiger partial charge in [-0.05, 0) is 19.8 Å². The maximum atomic E-state index is 5.57. The maximum Gasteiger partial charge on any atom is 0.0590 e. The van der Waals surface area contributed by atoms with E-state index in [1.54, 1.807) is 0 Å². The van der Waals surface area contributed by atoms with Gasteiger partial charge in [-0.3, -0.25) is 0 Å². The summed E-state index contributed by atoms with van der Waals surface area (Å²) in [6.45, 7) is 9.47. The van der Waals surface area contributed by atoms with Crippen LogP contribution in [0.2, 0.25) is 0 Å². The second-order valence-corrected chi connectivity index (χ2v) is 4.64. The van der Waals surface area contributed by atoms with Gasteiger partial charge in [-0.1, -0.05) is 46.0 Å². The van der Waals surface area contributed by atoms with Crippen LogP contribution in [0.25, 0.3) is 0 Å². The van der Waals surface area contributed by atoms with Crippen molar-refractivity contribution in [1.29, 1.82) is 0 Å². The van der Waals surface area contributed by atoms with Gasteiger partial charge in [0.2, 0.25) is 0 Å². The van der Waals surface area contributed by atoms with Crippen LogP contribution in [0.1, 0.15) is 65.7 Å². The normalized spacial score (nSPS) is 12.9. The standard InChI is InChI=1S/C14H31NO/c1-4-6-7-8-9-10-12-16-13-11-15-14(3)5-2/h14-15H,4-13H2,1-3H3. The molecule has 16 heavy (non-hydrogen) atoms. The third kappa shape index (κ3) is 12.0. The van der Waals surface area contributed by atoms with Crippen molar-refractivity contribution in [3.05, 3.63) is 0 Å². The van der Waals surface area contributed by atoms with E-state index in [0.717, 1.165) is 19.8 Å². The Bertz CT molecular complexity index is 128. The summed E-state index contributed by atoms with van der Waals surface area (Å²) in [4.78, 5) is 0. The number of rotatable bonds is 12. The van der Waals surface area contributed by atoms with Crippen molar-refractivity contribution in [3.8, 4) is 0 Å². The average Bonchev–Trinajstić information content (AvgIpc) is 2.31. The molecule has 0 fully saturated rings. The van der Waals surface area contributed by atoms with Crippen LogP contribution in [-0.4, -0.2) is 25.8 Å². The molecule has 0 aromatic rings. The number of hydrogen-bond acceptors (Lipinski definition) is 2. The van der Waals surface area contributed by atoms with Gasteiger partial charge >= 0.3 is 0 Å². The van der Waals surface area contributed by atoms with E-state index in [9.17, 15) is 0 Å². The minimum Gasteiger partial charge on any atom is -0.380 e. The molecule has 0 amide bonds. The van der Waals surface area contributed by atoms with E-state index in [0.29, 0.717) is 6.04 Å². The first kappa shape index (κ1) is 15.9. The molecule has 0 aliphatic rings. The Kier molecular flexibility index (Phi) is 12.9. The van der Waals surface area contributed by atoms with E-state index in [1.165, 1.54) is 44.9 Å². The molecule has 0 spiro atoms. The van der Waals surface area contributed by atoms with Crippen LogP contribution in [0.3, 0.4) is 0 Å². The molecule has 0 saturated heterocycles.